The summed E-state index contributed by atoms with van der Waals surface area (Å²) in [7, 11) is 3.38. The molecule has 4 aromatic rings. The van der Waals surface area contributed by atoms with Crippen LogP contribution in [0.25, 0.3) is 33.4 Å². The minimum absolute atomic E-state index is 0.793. The van der Waals surface area contributed by atoms with Gasteiger partial charge in [-0.3, -0.25) is 0 Å². The SMILES string of the molecule is COc1ccc2c(c1)CCc1c-2[o+]c2cc(OC)ccc2c1-c1ccccc1. The van der Waals surface area contributed by atoms with E-state index in [1.165, 1.54) is 22.3 Å². The van der Waals surface area contributed by atoms with E-state index in [1.54, 1.807) is 14.2 Å². The van der Waals surface area contributed by atoms with E-state index >= 15 is 0 Å². The van der Waals surface area contributed by atoms with Gasteiger partial charge in [-0.05, 0) is 54.3 Å². The lowest BCUT2D eigenvalue weighted by Gasteiger charge is -2.17. The lowest BCUT2D eigenvalue weighted by Crippen LogP contribution is -2.07. The smallest absolute Gasteiger partial charge is 0.365 e. The molecule has 0 amide bonds. The average molecular weight is 369 g/mol. The van der Waals surface area contributed by atoms with E-state index in [9.17, 15) is 0 Å². The molecule has 3 heteroatoms. The molecule has 28 heavy (non-hydrogen) atoms. The molecule has 0 spiro atoms. The molecule has 0 saturated heterocycles. The van der Waals surface area contributed by atoms with Gasteiger partial charge in [0.1, 0.15) is 11.5 Å². The highest BCUT2D eigenvalue weighted by Crippen LogP contribution is 2.44. The lowest BCUT2D eigenvalue weighted by molar-refractivity contribution is 0.414. The van der Waals surface area contributed by atoms with Crippen LogP contribution < -0.4 is 9.47 Å². The zero-order valence-corrected chi connectivity index (χ0v) is 16.0. The van der Waals surface area contributed by atoms with E-state index in [1.807, 2.05) is 18.2 Å². The van der Waals surface area contributed by atoms with Gasteiger partial charge >= 0.3 is 11.3 Å². The van der Waals surface area contributed by atoms with Crippen LogP contribution in [0.2, 0.25) is 0 Å². The number of ether oxygens (including phenoxy) is 2. The molecule has 1 aliphatic carbocycles. The highest BCUT2D eigenvalue weighted by Gasteiger charge is 2.32. The Bertz CT molecular complexity index is 1180. The molecule has 5 rings (SSSR count). The molecule has 0 radical (unpaired) electrons. The van der Waals surface area contributed by atoms with E-state index in [2.05, 4.69) is 48.5 Å². The molecule has 0 bridgehead atoms. The lowest BCUT2D eigenvalue weighted by atomic mass is 9.84. The van der Waals surface area contributed by atoms with Crippen molar-refractivity contribution in [3.63, 3.8) is 0 Å². The van der Waals surface area contributed by atoms with E-state index in [0.29, 0.717) is 0 Å². The maximum Gasteiger partial charge on any atom is 0.365 e. The normalized spacial score (nSPS) is 12.4. The monoisotopic (exact) mass is 369 g/mol. The third-order valence-corrected chi connectivity index (χ3v) is 5.51. The summed E-state index contributed by atoms with van der Waals surface area (Å²) in [5, 5.41) is 1.11. The molecule has 1 heterocycles. The van der Waals surface area contributed by atoms with E-state index in [-0.39, 0.29) is 0 Å². The summed E-state index contributed by atoms with van der Waals surface area (Å²) in [6.45, 7) is 0. The Kier molecular flexibility index (Phi) is 4.01. The molecule has 3 aromatic carbocycles. The Labute approximate surface area is 164 Å². The largest absolute Gasteiger partial charge is 0.497 e. The van der Waals surface area contributed by atoms with Crippen LogP contribution in [0.4, 0.5) is 0 Å². The fraction of sp³-hybridized carbons (Fsp3) is 0.160. The standard InChI is InChI=1S/C25H21O3/c1-26-18-9-12-20-17(14-18)8-11-22-24(16-6-4-3-5-7-16)21-13-10-19(27-2)15-23(21)28-25(20)22/h3-7,9-10,12-15H,8,11H2,1-2H3/q+1. The molecule has 0 unspecified atom stereocenters. The van der Waals surface area contributed by atoms with Crippen molar-refractivity contribution in [3.8, 4) is 33.9 Å². The first kappa shape index (κ1) is 16.8. The predicted octanol–water partition coefficient (Wildman–Crippen LogP) is 6.16. The zero-order valence-electron chi connectivity index (χ0n) is 16.0. The van der Waals surface area contributed by atoms with Crippen molar-refractivity contribution >= 4 is 11.0 Å². The molecule has 0 N–H and O–H groups in total. The van der Waals surface area contributed by atoms with Crippen LogP contribution >= 0.6 is 0 Å². The van der Waals surface area contributed by atoms with Gasteiger partial charge in [-0.25, -0.2) is 4.42 Å². The van der Waals surface area contributed by atoms with Crippen molar-refractivity contribution in [1.82, 2.24) is 0 Å². The molecular weight excluding hydrogens is 348 g/mol. The molecule has 0 atom stereocenters. The molecule has 1 aromatic heterocycles. The van der Waals surface area contributed by atoms with Crippen molar-refractivity contribution in [1.29, 1.82) is 0 Å². The Hall–Kier alpha value is -3.33. The predicted molar refractivity (Wildman–Crippen MR) is 112 cm³/mol. The maximum atomic E-state index is 6.47. The van der Waals surface area contributed by atoms with Gasteiger partial charge in [0, 0.05) is 5.56 Å². The molecule has 0 aliphatic heterocycles. The maximum absolute atomic E-state index is 6.47. The van der Waals surface area contributed by atoms with Gasteiger partial charge in [0.05, 0.1) is 36.8 Å². The Morgan fingerprint density at radius 3 is 2.32 bits per heavy atom. The summed E-state index contributed by atoms with van der Waals surface area (Å²) in [4.78, 5) is 0. The quantitative estimate of drug-likeness (QED) is 0.405. The van der Waals surface area contributed by atoms with Crippen molar-refractivity contribution in [2.75, 3.05) is 14.2 Å². The number of aryl methyl sites for hydroxylation is 1. The molecule has 3 nitrogen and oxygen atoms in total. The van der Waals surface area contributed by atoms with Crippen LogP contribution in [0, 0.1) is 0 Å². The first-order valence-electron chi connectivity index (χ1n) is 9.48. The second kappa shape index (κ2) is 6.68. The summed E-state index contributed by atoms with van der Waals surface area (Å²) in [5.41, 5.74) is 6.96. The minimum Gasteiger partial charge on any atom is -0.497 e. The van der Waals surface area contributed by atoms with Crippen LogP contribution in [0.1, 0.15) is 11.1 Å². The van der Waals surface area contributed by atoms with Crippen LogP contribution in [-0.4, -0.2) is 14.2 Å². The number of hydrogen-bond donors (Lipinski definition) is 0. The summed E-state index contributed by atoms with van der Waals surface area (Å²) < 4.78 is 17.3. The number of fused-ring (bicyclic) bond motifs is 4. The van der Waals surface area contributed by atoms with Crippen molar-refractivity contribution in [2.24, 2.45) is 0 Å². The zero-order chi connectivity index (χ0) is 19.1. The third kappa shape index (κ3) is 2.63. The molecule has 138 valence electrons. The van der Waals surface area contributed by atoms with Crippen molar-refractivity contribution in [3.05, 3.63) is 77.9 Å². The minimum atomic E-state index is 0.793. The highest BCUT2D eigenvalue weighted by molar-refractivity contribution is 5.98. The molecular formula is C25H21O3+. The highest BCUT2D eigenvalue weighted by atomic mass is 16.5. The van der Waals surface area contributed by atoms with Gasteiger partial charge in [-0.1, -0.05) is 30.3 Å². The van der Waals surface area contributed by atoms with Crippen LogP contribution in [0.15, 0.2) is 71.1 Å². The van der Waals surface area contributed by atoms with E-state index in [4.69, 9.17) is 13.9 Å². The van der Waals surface area contributed by atoms with Crippen molar-refractivity contribution < 1.29 is 13.9 Å². The van der Waals surface area contributed by atoms with Gasteiger partial charge in [-0.15, -0.1) is 0 Å². The second-order valence-electron chi connectivity index (χ2n) is 7.04. The average Bonchev–Trinajstić information content (AvgIpc) is 2.77. The summed E-state index contributed by atoms with van der Waals surface area (Å²) in [5.74, 6) is 2.62. The van der Waals surface area contributed by atoms with E-state index in [0.717, 1.165) is 46.6 Å². The molecule has 1 aliphatic rings. The molecule has 0 fully saturated rings. The summed E-state index contributed by atoms with van der Waals surface area (Å²) in [6.07, 6.45) is 1.90. The van der Waals surface area contributed by atoms with Gasteiger partial charge in [0.25, 0.3) is 0 Å². The summed E-state index contributed by atoms with van der Waals surface area (Å²) in [6, 6.07) is 22.9. The van der Waals surface area contributed by atoms with Gasteiger partial charge in [-0.2, -0.15) is 0 Å². The first-order valence-corrected chi connectivity index (χ1v) is 9.48. The van der Waals surface area contributed by atoms with Gasteiger partial charge in [0.2, 0.25) is 0 Å². The Balaban J connectivity index is 1.85. The topological polar surface area (TPSA) is 29.8 Å². The van der Waals surface area contributed by atoms with Crippen molar-refractivity contribution in [2.45, 2.75) is 12.8 Å². The molecule has 0 saturated carbocycles. The first-order chi connectivity index (χ1) is 13.8. The number of benzene rings is 3. The van der Waals surface area contributed by atoms with Gasteiger partial charge < -0.3 is 9.47 Å². The number of methoxy groups -OCH3 is 2. The fourth-order valence-electron chi connectivity index (χ4n) is 4.14. The Morgan fingerprint density at radius 1 is 0.786 bits per heavy atom. The number of rotatable bonds is 3. The number of hydrogen-bond acceptors (Lipinski definition) is 2. The Morgan fingerprint density at radius 2 is 1.54 bits per heavy atom. The van der Waals surface area contributed by atoms with Gasteiger partial charge in [0.15, 0.2) is 0 Å². The van der Waals surface area contributed by atoms with Crippen LogP contribution in [0.3, 0.4) is 0 Å². The van der Waals surface area contributed by atoms with E-state index < -0.39 is 0 Å². The fourth-order valence-corrected chi connectivity index (χ4v) is 4.14. The summed E-state index contributed by atoms with van der Waals surface area (Å²) >= 11 is 0. The second-order valence-corrected chi connectivity index (χ2v) is 7.04. The van der Waals surface area contributed by atoms with Crippen LogP contribution in [0.5, 0.6) is 11.5 Å². The van der Waals surface area contributed by atoms with Crippen LogP contribution in [-0.2, 0) is 12.8 Å². The third-order valence-electron chi connectivity index (χ3n) is 5.51.